The number of carbonyl (C=O) groups excluding carboxylic acids is 2. The first-order valence-corrected chi connectivity index (χ1v) is 12.9. The molecule has 8 nitrogen and oxygen atoms in total. The quantitative estimate of drug-likeness (QED) is 0.606. The summed E-state index contributed by atoms with van der Waals surface area (Å²) in [5.74, 6) is -0.376. The number of hydrogen-bond donors (Lipinski definition) is 2. The van der Waals surface area contributed by atoms with Crippen LogP contribution in [0.1, 0.15) is 24.0 Å². The summed E-state index contributed by atoms with van der Waals surface area (Å²) in [4.78, 5) is 28.4. The van der Waals surface area contributed by atoms with Crippen LogP contribution < -0.4 is 10.0 Å². The largest absolute Gasteiger partial charge is 0.335 e. The summed E-state index contributed by atoms with van der Waals surface area (Å²) in [6.07, 6.45) is 1.27. The van der Waals surface area contributed by atoms with Gasteiger partial charge in [-0.2, -0.15) is 0 Å². The molecule has 0 bridgehead atoms. The lowest BCUT2D eigenvalue weighted by Gasteiger charge is -2.32. The van der Waals surface area contributed by atoms with Crippen LogP contribution in [-0.2, 0) is 19.6 Å². The standard InChI is InChI=1S/C22H30N4O4S2/c1-16-6-4-7-17(2)22(16)23-19(27)14-25(3)20(28)15-26-11-9-18(10-12-26)24-32(29,30)21-8-5-13-31-21/h4-8,13,18,24H,9-12,14-15H2,1-3H3,(H,23,27). The highest BCUT2D eigenvalue weighted by Gasteiger charge is 2.26. The number of rotatable bonds is 8. The highest BCUT2D eigenvalue weighted by atomic mass is 32.2. The average molecular weight is 479 g/mol. The van der Waals surface area contributed by atoms with Crippen LogP contribution >= 0.6 is 11.3 Å². The number of para-hydroxylation sites is 1. The zero-order valence-electron chi connectivity index (χ0n) is 18.6. The number of likely N-dealkylation sites (N-methyl/N-ethyl adjacent to an activating group) is 1. The van der Waals surface area contributed by atoms with Gasteiger partial charge in [-0.25, -0.2) is 13.1 Å². The van der Waals surface area contributed by atoms with Crippen molar-refractivity contribution >= 4 is 38.9 Å². The van der Waals surface area contributed by atoms with Crippen LogP contribution in [-0.4, -0.2) is 69.3 Å². The summed E-state index contributed by atoms with van der Waals surface area (Å²) in [6, 6.07) is 8.96. The molecule has 32 heavy (non-hydrogen) atoms. The van der Waals surface area contributed by atoms with E-state index in [4.69, 9.17) is 0 Å². The molecule has 0 radical (unpaired) electrons. The SMILES string of the molecule is Cc1cccc(C)c1NC(=O)CN(C)C(=O)CN1CCC(NS(=O)(=O)c2cccs2)CC1. The van der Waals surface area contributed by atoms with Gasteiger partial charge in [-0.1, -0.05) is 24.3 Å². The molecule has 10 heteroatoms. The van der Waals surface area contributed by atoms with Crippen molar-refractivity contribution in [2.45, 2.75) is 36.9 Å². The molecule has 1 aliphatic rings. The first kappa shape index (κ1) is 24.4. The minimum atomic E-state index is -3.49. The Balaban J connectivity index is 1.43. The summed E-state index contributed by atoms with van der Waals surface area (Å²) in [5.41, 5.74) is 2.74. The summed E-state index contributed by atoms with van der Waals surface area (Å²) in [7, 11) is -1.87. The Morgan fingerprint density at radius 2 is 1.78 bits per heavy atom. The number of nitrogens with zero attached hydrogens (tertiary/aromatic N) is 2. The lowest BCUT2D eigenvalue weighted by atomic mass is 10.1. The van der Waals surface area contributed by atoms with Gasteiger partial charge in [0, 0.05) is 31.9 Å². The number of hydrogen-bond acceptors (Lipinski definition) is 6. The molecule has 1 aromatic heterocycles. The third-order valence-electron chi connectivity index (χ3n) is 5.58. The number of nitrogens with one attached hydrogen (secondary N) is 2. The van der Waals surface area contributed by atoms with Gasteiger partial charge in [0.1, 0.15) is 4.21 Å². The second-order valence-electron chi connectivity index (χ2n) is 8.17. The summed E-state index contributed by atoms with van der Waals surface area (Å²) in [6.45, 7) is 5.28. The number of amides is 2. The summed E-state index contributed by atoms with van der Waals surface area (Å²) < 4.78 is 27.8. The Labute approximate surface area is 193 Å². The Hall–Kier alpha value is -2.27. The van der Waals surface area contributed by atoms with E-state index in [2.05, 4.69) is 10.0 Å². The van der Waals surface area contributed by atoms with Gasteiger partial charge in [0.15, 0.2) is 0 Å². The lowest BCUT2D eigenvalue weighted by Crippen LogP contribution is -2.48. The third kappa shape index (κ3) is 6.38. The van der Waals surface area contributed by atoms with Crippen molar-refractivity contribution in [3.05, 3.63) is 46.8 Å². The molecule has 0 aliphatic carbocycles. The van der Waals surface area contributed by atoms with Crippen molar-refractivity contribution < 1.29 is 18.0 Å². The first-order chi connectivity index (χ1) is 15.2. The molecule has 3 rings (SSSR count). The topological polar surface area (TPSA) is 98.8 Å². The van der Waals surface area contributed by atoms with Gasteiger partial charge >= 0.3 is 0 Å². The minimum absolute atomic E-state index is 0.0241. The Morgan fingerprint density at radius 3 is 2.38 bits per heavy atom. The molecule has 0 unspecified atom stereocenters. The molecule has 1 saturated heterocycles. The van der Waals surface area contributed by atoms with E-state index in [1.165, 1.54) is 16.2 Å². The molecule has 0 saturated carbocycles. The lowest BCUT2D eigenvalue weighted by molar-refractivity contribution is -0.134. The molecule has 174 valence electrons. The molecule has 1 aliphatic heterocycles. The van der Waals surface area contributed by atoms with Gasteiger partial charge in [0.25, 0.3) is 0 Å². The van der Waals surface area contributed by atoms with Gasteiger partial charge in [-0.05, 0) is 49.3 Å². The van der Waals surface area contributed by atoms with E-state index in [0.29, 0.717) is 30.1 Å². The molecular weight excluding hydrogens is 448 g/mol. The monoisotopic (exact) mass is 478 g/mol. The van der Waals surface area contributed by atoms with Crippen molar-refractivity contribution in [1.29, 1.82) is 0 Å². The fourth-order valence-electron chi connectivity index (χ4n) is 3.71. The molecule has 0 atom stereocenters. The maximum atomic E-state index is 12.6. The molecule has 2 amide bonds. The van der Waals surface area contributed by atoms with E-state index in [9.17, 15) is 18.0 Å². The number of aryl methyl sites for hydroxylation is 2. The van der Waals surface area contributed by atoms with Crippen molar-refractivity contribution in [2.75, 3.05) is 38.5 Å². The second-order valence-corrected chi connectivity index (χ2v) is 11.1. The fourth-order valence-corrected chi connectivity index (χ4v) is 6.02. The van der Waals surface area contributed by atoms with E-state index in [1.807, 2.05) is 36.9 Å². The molecule has 0 spiro atoms. The van der Waals surface area contributed by atoms with Crippen LogP contribution in [0.2, 0.25) is 0 Å². The zero-order valence-corrected chi connectivity index (χ0v) is 20.3. The molecule has 2 aromatic rings. The van der Waals surface area contributed by atoms with Crippen molar-refractivity contribution in [3.63, 3.8) is 0 Å². The Kier molecular flexibility index (Phi) is 8.05. The number of benzene rings is 1. The number of likely N-dealkylation sites (tertiary alicyclic amines) is 1. The molecule has 1 fully saturated rings. The van der Waals surface area contributed by atoms with Crippen LogP contribution in [0.3, 0.4) is 0 Å². The number of sulfonamides is 1. The van der Waals surface area contributed by atoms with Gasteiger partial charge in [0.2, 0.25) is 21.8 Å². The van der Waals surface area contributed by atoms with Crippen LogP contribution in [0, 0.1) is 13.8 Å². The maximum absolute atomic E-state index is 12.6. The highest BCUT2D eigenvalue weighted by Crippen LogP contribution is 2.20. The van der Waals surface area contributed by atoms with Crippen LogP contribution in [0.25, 0.3) is 0 Å². The van der Waals surface area contributed by atoms with E-state index in [1.54, 1.807) is 24.6 Å². The molecule has 1 aromatic carbocycles. The van der Waals surface area contributed by atoms with Crippen LogP contribution in [0.4, 0.5) is 5.69 Å². The van der Waals surface area contributed by atoms with E-state index < -0.39 is 10.0 Å². The smallest absolute Gasteiger partial charge is 0.250 e. The summed E-state index contributed by atoms with van der Waals surface area (Å²) >= 11 is 1.19. The van der Waals surface area contributed by atoms with Gasteiger partial charge in [0.05, 0.1) is 13.1 Å². The Morgan fingerprint density at radius 1 is 1.12 bits per heavy atom. The number of anilines is 1. The molecule has 2 heterocycles. The fraction of sp³-hybridized carbons (Fsp3) is 0.455. The predicted molar refractivity (Wildman–Crippen MR) is 126 cm³/mol. The van der Waals surface area contributed by atoms with E-state index >= 15 is 0 Å². The predicted octanol–water partition coefficient (Wildman–Crippen LogP) is 2.20. The average Bonchev–Trinajstić information content (AvgIpc) is 3.28. The number of piperidine rings is 1. The minimum Gasteiger partial charge on any atom is -0.335 e. The normalized spacial score (nSPS) is 15.5. The summed E-state index contributed by atoms with van der Waals surface area (Å²) in [5, 5.41) is 4.63. The number of carbonyl (C=O) groups is 2. The van der Waals surface area contributed by atoms with Crippen LogP contribution in [0.5, 0.6) is 0 Å². The third-order valence-corrected chi connectivity index (χ3v) is 8.50. The van der Waals surface area contributed by atoms with Gasteiger partial charge < -0.3 is 10.2 Å². The van der Waals surface area contributed by atoms with Crippen molar-refractivity contribution in [2.24, 2.45) is 0 Å². The molecular formula is C22H30N4O4S2. The number of thiophene rings is 1. The van der Waals surface area contributed by atoms with E-state index in [-0.39, 0.29) is 30.9 Å². The van der Waals surface area contributed by atoms with E-state index in [0.717, 1.165) is 16.8 Å². The Bertz CT molecular complexity index is 1030. The first-order valence-electron chi connectivity index (χ1n) is 10.5. The van der Waals surface area contributed by atoms with Gasteiger partial charge in [-0.15, -0.1) is 11.3 Å². The highest BCUT2D eigenvalue weighted by molar-refractivity contribution is 7.91. The zero-order chi connectivity index (χ0) is 23.3. The van der Waals surface area contributed by atoms with Crippen LogP contribution in [0.15, 0.2) is 39.9 Å². The van der Waals surface area contributed by atoms with Crippen molar-refractivity contribution in [1.82, 2.24) is 14.5 Å². The maximum Gasteiger partial charge on any atom is 0.250 e. The second kappa shape index (κ2) is 10.6. The van der Waals surface area contributed by atoms with Gasteiger partial charge in [-0.3, -0.25) is 14.5 Å². The molecule has 2 N–H and O–H groups in total. The van der Waals surface area contributed by atoms with Crippen molar-refractivity contribution in [3.8, 4) is 0 Å².